The summed E-state index contributed by atoms with van der Waals surface area (Å²) in [6.45, 7) is 4.44. The Hall–Kier alpha value is -3.73. The van der Waals surface area contributed by atoms with Gasteiger partial charge in [-0.3, -0.25) is 9.36 Å². The molecule has 0 radical (unpaired) electrons. The summed E-state index contributed by atoms with van der Waals surface area (Å²) in [4.78, 5) is 32.6. The quantitative estimate of drug-likeness (QED) is 0.184. The Kier molecular flexibility index (Phi) is 8.26. The molecule has 0 N–H and O–H groups in total. The van der Waals surface area contributed by atoms with E-state index >= 15 is 0 Å². The summed E-state index contributed by atoms with van der Waals surface area (Å²) in [6, 6.07) is 21.3. The van der Waals surface area contributed by atoms with E-state index in [0.29, 0.717) is 37.4 Å². The molecule has 3 heterocycles. The Morgan fingerprint density at radius 3 is 2.58 bits per heavy atom. The predicted octanol–water partition coefficient (Wildman–Crippen LogP) is 6.33. The first-order valence-corrected chi connectivity index (χ1v) is 16.0. The van der Waals surface area contributed by atoms with Gasteiger partial charge in [-0.05, 0) is 77.3 Å². The van der Waals surface area contributed by atoms with Crippen LogP contribution in [-0.2, 0) is 16.1 Å². The van der Waals surface area contributed by atoms with Gasteiger partial charge in [0.25, 0.3) is 5.56 Å². The number of carbonyl (C=O) groups excluding carboxylic acids is 1. The van der Waals surface area contributed by atoms with Crippen molar-refractivity contribution in [3.05, 3.63) is 130 Å². The molecule has 43 heavy (non-hydrogen) atoms. The molecule has 218 valence electrons. The first-order valence-electron chi connectivity index (χ1n) is 13.6. The van der Waals surface area contributed by atoms with Crippen molar-refractivity contribution in [2.75, 3.05) is 13.7 Å². The molecule has 0 saturated carbocycles. The summed E-state index contributed by atoms with van der Waals surface area (Å²) < 4.78 is 16.9. The number of methoxy groups -OCH3 is 1. The molecule has 0 amide bonds. The zero-order chi connectivity index (χ0) is 30.2. The Balaban J connectivity index is 1.51. The van der Waals surface area contributed by atoms with Crippen LogP contribution in [0.3, 0.4) is 0 Å². The number of thiazole rings is 1. The second-order valence-corrected chi connectivity index (χ2v) is 12.8. The van der Waals surface area contributed by atoms with Crippen LogP contribution in [0.4, 0.5) is 0 Å². The third-order valence-corrected chi connectivity index (χ3v) is 9.51. The van der Waals surface area contributed by atoms with Crippen LogP contribution >= 0.6 is 43.2 Å². The molecule has 6 rings (SSSR count). The van der Waals surface area contributed by atoms with Gasteiger partial charge in [0.05, 0.1) is 40.0 Å². The van der Waals surface area contributed by atoms with E-state index in [4.69, 9.17) is 14.5 Å². The Morgan fingerprint density at radius 1 is 1.09 bits per heavy atom. The van der Waals surface area contributed by atoms with Gasteiger partial charge in [-0.25, -0.2) is 9.79 Å². The number of para-hydroxylation sites is 1. The molecule has 7 nitrogen and oxygen atoms in total. The van der Waals surface area contributed by atoms with Crippen molar-refractivity contribution in [2.45, 2.75) is 26.4 Å². The molecule has 5 aromatic rings. The zero-order valence-corrected chi connectivity index (χ0v) is 27.6. The molecule has 1 atom stereocenters. The van der Waals surface area contributed by atoms with Crippen molar-refractivity contribution >= 4 is 66.1 Å². The van der Waals surface area contributed by atoms with Crippen LogP contribution in [-0.4, -0.2) is 28.8 Å². The molecule has 1 aliphatic heterocycles. The average Bonchev–Trinajstić information content (AvgIpc) is 3.49. The van der Waals surface area contributed by atoms with Crippen molar-refractivity contribution in [1.29, 1.82) is 0 Å². The van der Waals surface area contributed by atoms with Crippen molar-refractivity contribution in [3.63, 3.8) is 0 Å². The number of hydrogen-bond donors (Lipinski definition) is 0. The van der Waals surface area contributed by atoms with E-state index in [-0.39, 0.29) is 12.2 Å². The van der Waals surface area contributed by atoms with E-state index in [1.807, 2.05) is 48.5 Å². The number of hydrogen-bond acceptors (Lipinski definition) is 6. The van der Waals surface area contributed by atoms with Crippen LogP contribution < -0.4 is 19.6 Å². The smallest absolute Gasteiger partial charge is 0.338 e. The van der Waals surface area contributed by atoms with Crippen molar-refractivity contribution in [2.24, 2.45) is 4.99 Å². The highest BCUT2D eigenvalue weighted by molar-refractivity contribution is 9.10. The largest absolute Gasteiger partial charge is 0.496 e. The van der Waals surface area contributed by atoms with Crippen LogP contribution in [0.1, 0.15) is 36.6 Å². The van der Waals surface area contributed by atoms with Gasteiger partial charge in [-0.15, -0.1) is 0 Å². The van der Waals surface area contributed by atoms with Gasteiger partial charge in [0.15, 0.2) is 4.80 Å². The maximum atomic E-state index is 14.2. The molecule has 0 saturated heterocycles. The first kappa shape index (κ1) is 29.3. The lowest BCUT2D eigenvalue weighted by Gasteiger charge is -2.25. The van der Waals surface area contributed by atoms with Gasteiger partial charge in [-0.1, -0.05) is 63.7 Å². The van der Waals surface area contributed by atoms with Gasteiger partial charge in [-0.2, -0.15) is 0 Å². The van der Waals surface area contributed by atoms with Gasteiger partial charge in [0.2, 0.25) is 0 Å². The molecule has 0 fully saturated rings. The van der Waals surface area contributed by atoms with E-state index < -0.39 is 12.0 Å². The molecule has 0 spiro atoms. The van der Waals surface area contributed by atoms with E-state index in [1.165, 1.54) is 16.9 Å². The molecule has 0 aliphatic carbocycles. The fourth-order valence-corrected chi connectivity index (χ4v) is 7.27. The number of halogens is 2. The summed E-state index contributed by atoms with van der Waals surface area (Å²) in [7, 11) is 1.59. The maximum Gasteiger partial charge on any atom is 0.338 e. The lowest BCUT2D eigenvalue weighted by molar-refractivity contribution is -0.139. The third-order valence-electron chi connectivity index (χ3n) is 7.38. The van der Waals surface area contributed by atoms with E-state index in [9.17, 15) is 9.59 Å². The fraction of sp³-hybridized carbons (Fsp3) is 0.182. The summed E-state index contributed by atoms with van der Waals surface area (Å²) in [6.07, 6.45) is 4.01. The number of carbonyl (C=O) groups is 1. The van der Waals surface area contributed by atoms with E-state index in [2.05, 4.69) is 66.9 Å². The molecule has 10 heteroatoms. The van der Waals surface area contributed by atoms with Gasteiger partial charge in [0, 0.05) is 33.7 Å². The van der Waals surface area contributed by atoms with Crippen LogP contribution in [0, 0.1) is 0 Å². The number of nitrogens with zero attached hydrogens (tertiary/aromatic N) is 3. The summed E-state index contributed by atoms with van der Waals surface area (Å²) in [5.41, 5.74) is 4.55. The highest BCUT2D eigenvalue weighted by Gasteiger charge is 2.33. The summed E-state index contributed by atoms with van der Waals surface area (Å²) >= 11 is 8.38. The number of ether oxygens (including phenoxy) is 2. The SMILES string of the molecule is CCOC(=O)C1=C(C)N=c2s/c(=C/c3cn(Cc4ccc(Br)cc4)c4ccccc34)c(=O)n2[C@H]1c1ccc(OC)c(Br)c1. The van der Waals surface area contributed by atoms with Crippen LogP contribution in [0.5, 0.6) is 5.75 Å². The number of allylic oxidation sites excluding steroid dienone is 1. The van der Waals surface area contributed by atoms with Crippen LogP contribution in [0.15, 0.2) is 103 Å². The predicted molar refractivity (Wildman–Crippen MR) is 176 cm³/mol. The second-order valence-electron chi connectivity index (χ2n) is 10.1. The number of rotatable bonds is 7. The minimum Gasteiger partial charge on any atom is -0.496 e. The number of aromatic nitrogens is 2. The van der Waals surface area contributed by atoms with Crippen LogP contribution in [0.2, 0.25) is 0 Å². The Bertz CT molecular complexity index is 2090. The average molecular weight is 721 g/mol. The van der Waals surface area contributed by atoms with Gasteiger partial charge in [0.1, 0.15) is 5.75 Å². The minimum absolute atomic E-state index is 0.212. The molecule has 0 bridgehead atoms. The monoisotopic (exact) mass is 719 g/mol. The highest BCUT2D eigenvalue weighted by Crippen LogP contribution is 2.35. The molecular weight excluding hydrogens is 694 g/mol. The minimum atomic E-state index is -0.710. The van der Waals surface area contributed by atoms with E-state index in [0.717, 1.165) is 26.5 Å². The Labute approximate surface area is 268 Å². The molecule has 3 aromatic carbocycles. The zero-order valence-electron chi connectivity index (χ0n) is 23.6. The molecular formula is C33H27Br2N3O4S. The third kappa shape index (κ3) is 5.55. The van der Waals surface area contributed by atoms with Crippen molar-refractivity contribution in [3.8, 4) is 5.75 Å². The molecule has 1 aliphatic rings. The second kappa shape index (κ2) is 12.1. The lowest BCUT2D eigenvalue weighted by Crippen LogP contribution is -2.39. The van der Waals surface area contributed by atoms with Gasteiger partial charge < -0.3 is 14.0 Å². The first-order chi connectivity index (χ1) is 20.8. The number of esters is 1. The number of fused-ring (bicyclic) bond motifs is 2. The van der Waals surface area contributed by atoms with Crippen LogP contribution in [0.25, 0.3) is 17.0 Å². The lowest BCUT2D eigenvalue weighted by atomic mass is 9.96. The molecule has 2 aromatic heterocycles. The van der Waals surface area contributed by atoms with E-state index in [1.54, 1.807) is 25.5 Å². The normalized spacial score (nSPS) is 15.0. The Morgan fingerprint density at radius 2 is 1.86 bits per heavy atom. The van der Waals surface area contributed by atoms with Crippen molar-refractivity contribution < 1.29 is 14.3 Å². The summed E-state index contributed by atoms with van der Waals surface area (Å²) in [5.74, 6) is 0.153. The fourth-order valence-electron chi connectivity index (χ4n) is 5.41. The number of benzene rings is 3. The summed E-state index contributed by atoms with van der Waals surface area (Å²) in [5, 5.41) is 1.05. The molecule has 0 unspecified atom stereocenters. The topological polar surface area (TPSA) is 74.8 Å². The van der Waals surface area contributed by atoms with Crippen molar-refractivity contribution in [1.82, 2.24) is 9.13 Å². The highest BCUT2D eigenvalue weighted by atomic mass is 79.9. The maximum absolute atomic E-state index is 14.2. The standard InChI is InChI=1S/C33H27Br2N3O4S/c1-4-42-32(40)29-19(2)36-33-38(30(29)21-11-14-27(41-3)25(35)15-21)31(39)28(43-33)16-22-18-37(26-8-6-5-7-24(22)26)17-20-9-12-23(34)13-10-20/h5-16,18,30H,4,17H2,1-3H3/b28-16+/t30-/m0/s1. The van der Waals surface area contributed by atoms with Gasteiger partial charge >= 0.3 is 5.97 Å².